The predicted octanol–water partition coefficient (Wildman–Crippen LogP) is 1.54. The molecule has 0 aromatic rings. The first-order valence-electron chi connectivity index (χ1n) is 8.01. The van der Waals surface area contributed by atoms with Gasteiger partial charge in [-0.3, -0.25) is 9.80 Å². The van der Waals surface area contributed by atoms with Gasteiger partial charge in [-0.2, -0.15) is 0 Å². The molecule has 0 aromatic carbocycles. The fourth-order valence-electron chi connectivity index (χ4n) is 4.53. The maximum atomic E-state index is 3.65. The molecule has 0 aromatic heterocycles. The molecule has 3 heterocycles. The van der Waals surface area contributed by atoms with E-state index >= 15 is 0 Å². The molecular weight excluding hydrogens is 222 g/mol. The first-order chi connectivity index (χ1) is 8.79. The number of nitrogens with zero attached hydrogens (tertiary/aromatic N) is 2. The van der Waals surface area contributed by atoms with E-state index in [1.54, 1.807) is 0 Å². The fraction of sp³-hybridized carbons (Fsp3) is 1.00. The second-order valence-electron chi connectivity index (χ2n) is 6.53. The third-order valence-corrected chi connectivity index (χ3v) is 5.44. The zero-order valence-electron chi connectivity index (χ0n) is 12.1. The first kappa shape index (κ1) is 12.9. The van der Waals surface area contributed by atoms with Crippen molar-refractivity contribution >= 4 is 0 Å². The number of fused-ring (bicyclic) bond motifs is 1. The summed E-state index contributed by atoms with van der Waals surface area (Å²) in [4.78, 5) is 5.56. The predicted molar refractivity (Wildman–Crippen MR) is 75.8 cm³/mol. The van der Waals surface area contributed by atoms with Crippen molar-refractivity contribution in [1.82, 2.24) is 15.1 Å². The second kappa shape index (κ2) is 5.48. The summed E-state index contributed by atoms with van der Waals surface area (Å²) in [6.07, 6.45) is 5.65. The lowest BCUT2D eigenvalue weighted by Crippen LogP contribution is -2.53. The highest BCUT2D eigenvalue weighted by Gasteiger charge is 2.41. The van der Waals surface area contributed by atoms with Crippen LogP contribution in [0.3, 0.4) is 0 Å². The van der Waals surface area contributed by atoms with Crippen LogP contribution in [-0.2, 0) is 0 Å². The van der Waals surface area contributed by atoms with Crippen LogP contribution in [0, 0.1) is 5.92 Å². The smallest absolute Gasteiger partial charge is 0.0263 e. The molecule has 3 heteroatoms. The standard InChI is InChI=1S/C15H29N3/c1-3-16-13-6-9-18(11-12(13)2)15-7-10-17-8-4-5-14(15)17/h12-16H,3-11H2,1-2H3. The van der Waals surface area contributed by atoms with Crippen molar-refractivity contribution in [1.29, 1.82) is 0 Å². The van der Waals surface area contributed by atoms with Crippen molar-refractivity contribution in [2.24, 2.45) is 5.92 Å². The van der Waals surface area contributed by atoms with Gasteiger partial charge in [-0.05, 0) is 51.2 Å². The molecule has 3 nitrogen and oxygen atoms in total. The number of piperidine rings is 1. The Labute approximate surface area is 112 Å². The topological polar surface area (TPSA) is 18.5 Å². The third kappa shape index (κ3) is 2.33. The lowest BCUT2D eigenvalue weighted by atomic mass is 9.91. The first-order valence-corrected chi connectivity index (χ1v) is 8.01. The summed E-state index contributed by atoms with van der Waals surface area (Å²) in [5.41, 5.74) is 0. The lowest BCUT2D eigenvalue weighted by Gasteiger charge is -2.42. The average Bonchev–Trinajstić information content (AvgIpc) is 2.94. The minimum absolute atomic E-state index is 0.757. The van der Waals surface area contributed by atoms with E-state index in [4.69, 9.17) is 0 Å². The van der Waals surface area contributed by atoms with Gasteiger partial charge in [0.2, 0.25) is 0 Å². The molecule has 0 saturated carbocycles. The van der Waals surface area contributed by atoms with Crippen LogP contribution in [0.25, 0.3) is 0 Å². The summed E-state index contributed by atoms with van der Waals surface area (Å²) in [6, 6.07) is 2.53. The summed E-state index contributed by atoms with van der Waals surface area (Å²) in [7, 11) is 0. The molecular formula is C15H29N3. The van der Waals surface area contributed by atoms with Crippen LogP contribution in [0.4, 0.5) is 0 Å². The van der Waals surface area contributed by atoms with Crippen LogP contribution < -0.4 is 5.32 Å². The summed E-state index contributed by atoms with van der Waals surface area (Å²) in [6.45, 7) is 11.1. The van der Waals surface area contributed by atoms with Crippen LogP contribution in [0.5, 0.6) is 0 Å². The summed E-state index contributed by atoms with van der Waals surface area (Å²) >= 11 is 0. The van der Waals surface area contributed by atoms with Crippen molar-refractivity contribution in [3.8, 4) is 0 Å². The maximum absolute atomic E-state index is 3.65. The van der Waals surface area contributed by atoms with Crippen molar-refractivity contribution < 1.29 is 0 Å². The Kier molecular flexibility index (Phi) is 3.92. The Hall–Kier alpha value is -0.120. The van der Waals surface area contributed by atoms with E-state index in [0.717, 1.165) is 30.6 Å². The van der Waals surface area contributed by atoms with E-state index in [9.17, 15) is 0 Å². The Morgan fingerprint density at radius 1 is 1.00 bits per heavy atom. The molecule has 0 bridgehead atoms. The zero-order valence-corrected chi connectivity index (χ0v) is 12.1. The molecule has 0 spiro atoms. The average molecular weight is 251 g/mol. The molecule has 1 N–H and O–H groups in total. The molecule has 4 atom stereocenters. The summed E-state index contributed by atoms with van der Waals surface area (Å²) in [5, 5.41) is 3.65. The molecule has 3 aliphatic rings. The maximum Gasteiger partial charge on any atom is 0.0263 e. The van der Waals surface area contributed by atoms with Crippen LogP contribution in [0.2, 0.25) is 0 Å². The Morgan fingerprint density at radius 2 is 1.78 bits per heavy atom. The molecule has 18 heavy (non-hydrogen) atoms. The van der Waals surface area contributed by atoms with Gasteiger partial charge in [0, 0.05) is 31.2 Å². The van der Waals surface area contributed by atoms with Crippen molar-refractivity contribution in [3.63, 3.8) is 0 Å². The molecule has 4 unspecified atom stereocenters. The SMILES string of the molecule is CCNC1CCN(C2CCN3CCCC23)CC1C. The zero-order chi connectivity index (χ0) is 12.5. The molecule has 3 saturated heterocycles. The summed E-state index contributed by atoms with van der Waals surface area (Å²) in [5.74, 6) is 0.814. The van der Waals surface area contributed by atoms with E-state index in [2.05, 4.69) is 29.0 Å². The highest BCUT2D eigenvalue weighted by molar-refractivity contribution is 4.98. The van der Waals surface area contributed by atoms with E-state index in [0.29, 0.717) is 0 Å². The second-order valence-corrected chi connectivity index (χ2v) is 6.53. The normalized spacial score (nSPS) is 42.3. The molecule has 0 amide bonds. The Balaban J connectivity index is 1.58. The van der Waals surface area contributed by atoms with Gasteiger partial charge in [-0.25, -0.2) is 0 Å². The van der Waals surface area contributed by atoms with Crippen LogP contribution in [-0.4, -0.2) is 60.6 Å². The molecule has 3 fully saturated rings. The van der Waals surface area contributed by atoms with Gasteiger partial charge in [-0.1, -0.05) is 13.8 Å². The van der Waals surface area contributed by atoms with Crippen molar-refractivity contribution in [2.45, 2.75) is 57.7 Å². The van der Waals surface area contributed by atoms with Crippen molar-refractivity contribution in [3.05, 3.63) is 0 Å². The van der Waals surface area contributed by atoms with E-state index < -0.39 is 0 Å². The molecule has 0 aliphatic carbocycles. The monoisotopic (exact) mass is 251 g/mol. The molecule has 104 valence electrons. The third-order valence-electron chi connectivity index (χ3n) is 5.44. The van der Waals surface area contributed by atoms with E-state index in [1.165, 1.54) is 51.9 Å². The van der Waals surface area contributed by atoms with Gasteiger partial charge in [0.05, 0.1) is 0 Å². The van der Waals surface area contributed by atoms with Crippen LogP contribution in [0.1, 0.15) is 39.5 Å². The van der Waals surface area contributed by atoms with E-state index in [-0.39, 0.29) is 0 Å². The molecule has 3 aliphatic heterocycles. The fourth-order valence-corrected chi connectivity index (χ4v) is 4.53. The molecule has 3 rings (SSSR count). The minimum Gasteiger partial charge on any atom is -0.314 e. The highest BCUT2D eigenvalue weighted by Crippen LogP contribution is 2.33. The van der Waals surface area contributed by atoms with Gasteiger partial charge in [0.1, 0.15) is 0 Å². The number of nitrogens with one attached hydrogen (secondary N) is 1. The molecule has 0 radical (unpaired) electrons. The minimum atomic E-state index is 0.757. The van der Waals surface area contributed by atoms with Crippen LogP contribution in [0.15, 0.2) is 0 Å². The van der Waals surface area contributed by atoms with E-state index in [1.807, 2.05) is 0 Å². The number of hydrogen-bond acceptors (Lipinski definition) is 3. The number of rotatable bonds is 3. The van der Waals surface area contributed by atoms with Crippen molar-refractivity contribution in [2.75, 3.05) is 32.7 Å². The summed E-state index contributed by atoms with van der Waals surface area (Å²) < 4.78 is 0. The number of hydrogen-bond donors (Lipinski definition) is 1. The van der Waals surface area contributed by atoms with Gasteiger partial charge in [0.25, 0.3) is 0 Å². The quantitative estimate of drug-likeness (QED) is 0.821. The highest BCUT2D eigenvalue weighted by atomic mass is 15.3. The Bertz CT molecular complexity index is 281. The lowest BCUT2D eigenvalue weighted by molar-refractivity contribution is 0.0884. The largest absolute Gasteiger partial charge is 0.314 e. The van der Waals surface area contributed by atoms with Gasteiger partial charge in [0.15, 0.2) is 0 Å². The Morgan fingerprint density at radius 3 is 2.56 bits per heavy atom. The van der Waals surface area contributed by atoms with Gasteiger partial charge >= 0.3 is 0 Å². The number of likely N-dealkylation sites (tertiary alicyclic amines) is 1. The van der Waals surface area contributed by atoms with Gasteiger partial charge in [-0.15, -0.1) is 0 Å². The van der Waals surface area contributed by atoms with Crippen LogP contribution >= 0.6 is 0 Å². The van der Waals surface area contributed by atoms with Gasteiger partial charge < -0.3 is 5.32 Å².